The lowest BCUT2D eigenvalue weighted by Gasteiger charge is -2.16. The lowest BCUT2D eigenvalue weighted by atomic mass is 10.3. The molecule has 0 spiro atoms. The molecular weight excluding hydrogens is 272 g/mol. The summed E-state index contributed by atoms with van der Waals surface area (Å²) >= 11 is 5.61. The van der Waals surface area contributed by atoms with Gasteiger partial charge in [-0.25, -0.2) is 4.79 Å². The third kappa shape index (κ3) is 3.31. The minimum atomic E-state index is -0.495. The molecule has 0 aromatic carbocycles. The van der Waals surface area contributed by atoms with Gasteiger partial charge in [0, 0.05) is 13.1 Å². The number of nitrogens with zero attached hydrogens (tertiary/aromatic N) is 3. The van der Waals surface area contributed by atoms with E-state index in [0.29, 0.717) is 19.5 Å². The van der Waals surface area contributed by atoms with Crippen LogP contribution in [0.4, 0.5) is 4.79 Å². The lowest BCUT2D eigenvalue weighted by Crippen LogP contribution is -2.38. The number of methoxy groups -OCH3 is 1. The molecule has 2 amide bonds. The first-order valence-electron chi connectivity index (χ1n) is 5.73. The predicted molar refractivity (Wildman–Crippen MR) is 66.9 cm³/mol. The zero-order valence-corrected chi connectivity index (χ0v) is 11.1. The summed E-state index contributed by atoms with van der Waals surface area (Å²) < 4.78 is 4.52. The highest BCUT2D eigenvalue weighted by Gasteiger charge is 2.28. The van der Waals surface area contributed by atoms with Crippen LogP contribution < -0.4 is 5.32 Å². The molecule has 2 heterocycles. The molecule has 1 aliphatic rings. The molecule has 0 aliphatic carbocycles. The van der Waals surface area contributed by atoms with E-state index in [2.05, 4.69) is 20.3 Å². The van der Waals surface area contributed by atoms with Gasteiger partial charge in [-0.1, -0.05) is 11.6 Å². The van der Waals surface area contributed by atoms with E-state index < -0.39 is 6.09 Å². The molecule has 1 N–H and O–H groups in total. The van der Waals surface area contributed by atoms with E-state index in [0.717, 1.165) is 0 Å². The monoisotopic (exact) mass is 284 g/mol. The highest BCUT2D eigenvalue weighted by atomic mass is 35.5. The van der Waals surface area contributed by atoms with Crippen LogP contribution in [-0.2, 0) is 4.74 Å². The van der Waals surface area contributed by atoms with E-state index >= 15 is 0 Å². The molecule has 0 saturated carbocycles. The standard InChI is InChI=1S/C11H13ClN4O3/c1-19-11(18)13-7-4-5-16(6-7)10(17)8-2-3-9(12)15-14-8/h2-3,7H,4-6H2,1H3,(H,13,18). The van der Waals surface area contributed by atoms with E-state index in [1.807, 2.05) is 0 Å². The van der Waals surface area contributed by atoms with Crippen molar-refractivity contribution >= 4 is 23.6 Å². The SMILES string of the molecule is COC(=O)NC1CCN(C(=O)c2ccc(Cl)nn2)C1. The quantitative estimate of drug-likeness (QED) is 0.864. The molecule has 1 saturated heterocycles. The minimum absolute atomic E-state index is 0.100. The Morgan fingerprint density at radius 1 is 1.47 bits per heavy atom. The summed E-state index contributed by atoms with van der Waals surface area (Å²) in [4.78, 5) is 24.8. The second kappa shape index (κ2) is 5.83. The summed E-state index contributed by atoms with van der Waals surface area (Å²) in [6, 6.07) is 2.94. The second-order valence-electron chi connectivity index (χ2n) is 4.11. The van der Waals surface area contributed by atoms with Crippen molar-refractivity contribution in [3.05, 3.63) is 23.0 Å². The molecule has 0 radical (unpaired) electrons. The van der Waals surface area contributed by atoms with E-state index in [1.54, 1.807) is 4.90 Å². The van der Waals surface area contributed by atoms with Crippen molar-refractivity contribution in [3.63, 3.8) is 0 Å². The Hall–Kier alpha value is -1.89. The fourth-order valence-corrected chi connectivity index (χ4v) is 1.98. The minimum Gasteiger partial charge on any atom is -0.453 e. The third-order valence-electron chi connectivity index (χ3n) is 2.83. The lowest BCUT2D eigenvalue weighted by molar-refractivity contribution is 0.0781. The van der Waals surface area contributed by atoms with Crippen LogP contribution in [-0.4, -0.2) is 53.3 Å². The maximum atomic E-state index is 12.1. The van der Waals surface area contributed by atoms with Crippen molar-refractivity contribution in [1.82, 2.24) is 20.4 Å². The van der Waals surface area contributed by atoms with E-state index in [4.69, 9.17) is 11.6 Å². The molecule has 1 atom stereocenters. The number of likely N-dealkylation sites (tertiary alicyclic amines) is 1. The van der Waals surface area contributed by atoms with Crippen molar-refractivity contribution in [3.8, 4) is 0 Å². The van der Waals surface area contributed by atoms with Crippen molar-refractivity contribution in [2.24, 2.45) is 0 Å². The number of rotatable bonds is 2. The summed E-state index contributed by atoms with van der Waals surface area (Å²) in [5, 5.41) is 10.3. The molecular formula is C11H13ClN4O3. The summed E-state index contributed by atoms with van der Waals surface area (Å²) in [5.41, 5.74) is 0.239. The highest BCUT2D eigenvalue weighted by molar-refractivity contribution is 6.29. The van der Waals surface area contributed by atoms with Gasteiger partial charge in [0.2, 0.25) is 0 Å². The first-order chi connectivity index (χ1) is 9.10. The summed E-state index contributed by atoms with van der Waals surface area (Å²) in [6.07, 6.45) is 0.188. The van der Waals surface area contributed by atoms with Crippen LogP contribution in [0.2, 0.25) is 5.15 Å². The van der Waals surface area contributed by atoms with Gasteiger partial charge in [0.1, 0.15) is 0 Å². The van der Waals surface area contributed by atoms with Crippen molar-refractivity contribution in [2.45, 2.75) is 12.5 Å². The average molecular weight is 285 g/mol. The highest BCUT2D eigenvalue weighted by Crippen LogP contribution is 2.13. The molecule has 1 aliphatic heterocycles. The molecule has 8 heteroatoms. The van der Waals surface area contributed by atoms with E-state index in [-0.39, 0.29) is 22.8 Å². The van der Waals surface area contributed by atoms with Crippen molar-refractivity contribution in [2.75, 3.05) is 20.2 Å². The molecule has 1 aromatic rings. The zero-order chi connectivity index (χ0) is 13.8. The number of carbonyl (C=O) groups is 2. The average Bonchev–Trinajstić information content (AvgIpc) is 2.87. The van der Waals surface area contributed by atoms with Gasteiger partial charge in [-0.15, -0.1) is 10.2 Å². The Morgan fingerprint density at radius 2 is 2.26 bits per heavy atom. The van der Waals surface area contributed by atoms with Crippen molar-refractivity contribution < 1.29 is 14.3 Å². The normalized spacial score (nSPS) is 18.2. The van der Waals surface area contributed by atoms with Crippen LogP contribution >= 0.6 is 11.6 Å². The van der Waals surface area contributed by atoms with Crippen LogP contribution in [0.15, 0.2) is 12.1 Å². The number of hydrogen-bond acceptors (Lipinski definition) is 5. The smallest absolute Gasteiger partial charge is 0.407 e. The van der Waals surface area contributed by atoms with Crippen LogP contribution in [0.3, 0.4) is 0 Å². The van der Waals surface area contributed by atoms with E-state index in [9.17, 15) is 9.59 Å². The van der Waals surface area contributed by atoms with Crippen LogP contribution in [0, 0.1) is 0 Å². The maximum Gasteiger partial charge on any atom is 0.407 e. The third-order valence-corrected chi connectivity index (χ3v) is 3.04. The maximum absolute atomic E-state index is 12.1. The number of carbonyl (C=O) groups excluding carboxylic acids is 2. The first kappa shape index (κ1) is 13.5. The summed E-state index contributed by atoms with van der Waals surface area (Å²) in [5.74, 6) is -0.224. The van der Waals surface area contributed by atoms with Gasteiger partial charge in [-0.3, -0.25) is 4.79 Å². The van der Waals surface area contributed by atoms with Gasteiger partial charge in [0.25, 0.3) is 5.91 Å². The molecule has 1 unspecified atom stereocenters. The molecule has 7 nitrogen and oxygen atoms in total. The Balaban J connectivity index is 1.95. The Bertz CT molecular complexity index is 479. The van der Waals surface area contributed by atoms with Gasteiger partial charge in [-0.2, -0.15) is 0 Å². The summed E-state index contributed by atoms with van der Waals surface area (Å²) in [6.45, 7) is 0.982. The molecule has 2 rings (SSSR count). The van der Waals surface area contributed by atoms with Gasteiger partial charge < -0.3 is 15.0 Å². The molecule has 0 bridgehead atoms. The number of amides is 2. The Labute approximate surface area is 114 Å². The van der Waals surface area contributed by atoms with E-state index in [1.165, 1.54) is 19.2 Å². The van der Waals surface area contributed by atoms with Crippen LogP contribution in [0.25, 0.3) is 0 Å². The number of ether oxygens (including phenoxy) is 1. The fraction of sp³-hybridized carbons (Fsp3) is 0.455. The molecule has 1 fully saturated rings. The summed E-state index contributed by atoms with van der Waals surface area (Å²) in [7, 11) is 1.30. The van der Waals surface area contributed by atoms with Crippen LogP contribution in [0.5, 0.6) is 0 Å². The Kier molecular flexibility index (Phi) is 4.16. The second-order valence-corrected chi connectivity index (χ2v) is 4.50. The fourth-order valence-electron chi connectivity index (χ4n) is 1.88. The largest absolute Gasteiger partial charge is 0.453 e. The number of hydrogen-bond donors (Lipinski definition) is 1. The topological polar surface area (TPSA) is 84.4 Å². The Morgan fingerprint density at radius 3 is 2.89 bits per heavy atom. The predicted octanol–water partition coefficient (Wildman–Crippen LogP) is 0.700. The van der Waals surface area contributed by atoms with Gasteiger partial charge in [0.15, 0.2) is 10.8 Å². The first-order valence-corrected chi connectivity index (χ1v) is 6.11. The van der Waals surface area contributed by atoms with Gasteiger partial charge >= 0.3 is 6.09 Å². The number of halogens is 1. The number of alkyl carbamates (subject to hydrolysis) is 1. The van der Waals surface area contributed by atoms with Gasteiger partial charge in [0.05, 0.1) is 13.2 Å². The van der Waals surface area contributed by atoms with Crippen molar-refractivity contribution in [1.29, 1.82) is 0 Å². The molecule has 102 valence electrons. The molecule has 19 heavy (non-hydrogen) atoms. The van der Waals surface area contributed by atoms with Crippen LogP contribution in [0.1, 0.15) is 16.9 Å². The molecule has 1 aromatic heterocycles. The number of nitrogens with one attached hydrogen (secondary N) is 1. The van der Waals surface area contributed by atoms with Gasteiger partial charge in [-0.05, 0) is 18.6 Å². The number of aromatic nitrogens is 2. The zero-order valence-electron chi connectivity index (χ0n) is 10.3.